The lowest BCUT2D eigenvalue weighted by atomic mass is 10.2. The Bertz CT molecular complexity index is 487. The van der Waals surface area contributed by atoms with Crippen molar-refractivity contribution in [3.05, 3.63) is 27.9 Å². The first-order valence-electron chi connectivity index (χ1n) is 7.72. The van der Waals surface area contributed by atoms with Crippen LogP contribution >= 0.6 is 0 Å². The maximum absolute atomic E-state index is 11.3. The van der Waals surface area contributed by atoms with E-state index in [0.29, 0.717) is 11.9 Å². The van der Waals surface area contributed by atoms with Gasteiger partial charge in [0.15, 0.2) is 0 Å². The summed E-state index contributed by atoms with van der Waals surface area (Å²) >= 11 is 0. The van der Waals surface area contributed by atoms with Gasteiger partial charge >= 0.3 is 5.69 Å². The van der Waals surface area contributed by atoms with Crippen LogP contribution in [0.3, 0.4) is 0 Å². The number of nitro groups is 1. The molecule has 1 aliphatic heterocycles. The van der Waals surface area contributed by atoms with Crippen LogP contribution in [-0.2, 0) is 0 Å². The lowest BCUT2D eigenvalue weighted by Crippen LogP contribution is -2.39. The largest absolute Gasteiger partial charge is 0.349 e. The van der Waals surface area contributed by atoms with Gasteiger partial charge in [0.05, 0.1) is 4.92 Å². The first-order chi connectivity index (χ1) is 10.1. The Morgan fingerprint density at radius 1 is 1.52 bits per heavy atom. The fraction of sp³-hybridized carbons (Fsp3) is 0.667. The summed E-state index contributed by atoms with van der Waals surface area (Å²) in [6, 6.07) is 3.68. The Kier molecular flexibility index (Phi) is 5.50. The number of hydrogen-bond acceptors (Lipinski definition) is 5. The van der Waals surface area contributed by atoms with Gasteiger partial charge in [0.25, 0.3) is 0 Å². The Hall–Kier alpha value is -1.69. The standard InChI is InChI=1S/C15H24N4O2/c1-3-4-10-18(11-13-6-5-9-16-13)15-14(19(20)21)8-7-12(2)17-15/h7-8,13,16H,3-6,9-11H2,1-2H3. The van der Waals surface area contributed by atoms with Crippen molar-refractivity contribution in [3.63, 3.8) is 0 Å². The normalized spacial score (nSPS) is 17.9. The number of pyridine rings is 1. The predicted octanol–water partition coefficient (Wildman–Crippen LogP) is 2.66. The van der Waals surface area contributed by atoms with Gasteiger partial charge < -0.3 is 10.2 Å². The van der Waals surface area contributed by atoms with Crippen LogP contribution < -0.4 is 10.2 Å². The van der Waals surface area contributed by atoms with Gasteiger partial charge in [-0.3, -0.25) is 10.1 Å². The van der Waals surface area contributed by atoms with Crippen molar-refractivity contribution in [2.24, 2.45) is 0 Å². The maximum atomic E-state index is 11.3. The van der Waals surface area contributed by atoms with E-state index < -0.39 is 0 Å². The average molecular weight is 292 g/mol. The Morgan fingerprint density at radius 2 is 2.33 bits per heavy atom. The van der Waals surface area contributed by atoms with Crippen molar-refractivity contribution in [1.82, 2.24) is 10.3 Å². The van der Waals surface area contributed by atoms with Crippen LogP contribution in [0.15, 0.2) is 12.1 Å². The second-order valence-electron chi connectivity index (χ2n) is 5.65. The summed E-state index contributed by atoms with van der Waals surface area (Å²) in [6.45, 7) is 6.64. The fourth-order valence-electron chi connectivity index (χ4n) is 2.72. The highest BCUT2D eigenvalue weighted by Gasteiger charge is 2.24. The molecule has 0 bridgehead atoms. The van der Waals surface area contributed by atoms with Crippen LogP contribution in [0, 0.1) is 17.0 Å². The van der Waals surface area contributed by atoms with Crippen LogP contribution in [0.1, 0.15) is 38.3 Å². The lowest BCUT2D eigenvalue weighted by molar-refractivity contribution is -0.384. The third kappa shape index (κ3) is 4.14. The van der Waals surface area contributed by atoms with Crippen LogP contribution in [0.2, 0.25) is 0 Å². The molecule has 1 aromatic heterocycles. The molecule has 1 N–H and O–H groups in total. The Balaban J connectivity index is 2.25. The molecule has 1 saturated heterocycles. The summed E-state index contributed by atoms with van der Waals surface area (Å²) in [5.41, 5.74) is 0.922. The summed E-state index contributed by atoms with van der Waals surface area (Å²) in [4.78, 5) is 17.5. The molecule has 0 aliphatic carbocycles. The molecule has 2 heterocycles. The second kappa shape index (κ2) is 7.36. The average Bonchev–Trinajstić information content (AvgIpc) is 2.96. The number of anilines is 1. The highest BCUT2D eigenvalue weighted by molar-refractivity contribution is 5.58. The van der Waals surface area contributed by atoms with E-state index in [1.807, 2.05) is 6.92 Å². The number of aryl methyl sites for hydroxylation is 1. The first-order valence-corrected chi connectivity index (χ1v) is 7.72. The van der Waals surface area contributed by atoms with Crippen molar-refractivity contribution in [1.29, 1.82) is 0 Å². The number of nitrogens with zero attached hydrogens (tertiary/aromatic N) is 3. The van der Waals surface area contributed by atoms with Crippen molar-refractivity contribution in [2.75, 3.05) is 24.5 Å². The van der Waals surface area contributed by atoms with Crippen LogP contribution in [-0.4, -0.2) is 35.6 Å². The predicted molar refractivity (Wildman–Crippen MR) is 83.8 cm³/mol. The molecule has 116 valence electrons. The molecule has 0 aromatic carbocycles. The van der Waals surface area contributed by atoms with Crippen LogP contribution in [0.5, 0.6) is 0 Å². The van der Waals surface area contributed by atoms with Gasteiger partial charge in [-0.05, 0) is 38.8 Å². The summed E-state index contributed by atoms with van der Waals surface area (Å²) in [7, 11) is 0. The maximum Gasteiger partial charge on any atom is 0.311 e. The van der Waals surface area contributed by atoms with Gasteiger partial charge in [-0.25, -0.2) is 4.98 Å². The van der Waals surface area contributed by atoms with Gasteiger partial charge in [-0.15, -0.1) is 0 Å². The minimum atomic E-state index is -0.331. The quantitative estimate of drug-likeness (QED) is 0.618. The summed E-state index contributed by atoms with van der Waals surface area (Å²) in [5.74, 6) is 0.516. The zero-order valence-electron chi connectivity index (χ0n) is 12.8. The van der Waals surface area contributed by atoms with Crippen molar-refractivity contribution in [2.45, 2.75) is 45.6 Å². The smallest absolute Gasteiger partial charge is 0.311 e. The van der Waals surface area contributed by atoms with E-state index in [2.05, 4.69) is 22.1 Å². The molecule has 21 heavy (non-hydrogen) atoms. The molecule has 6 nitrogen and oxygen atoms in total. The molecule has 0 saturated carbocycles. The molecular formula is C15H24N4O2. The van der Waals surface area contributed by atoms with Gasteiger partial charge in [0.1, 0.15) is 0 Å². The minimum Gasteiger partial charge on any atom is -0.349 e. The number of nitrogens with one attached hydrogen (secondary N) is 1. The molecule has 2 rings (SSSR count). The van der Waals surface area contributed by atoms with Crippen molar-refractivity contribution < 1.29 is 4.92 Å². The zero-order valence-corrected chi connectivity index (χ0v) is 12.8. The molecular weight excluding hydrogens is 268 g/mol. The zero-order chi connectivity index (χ0) is 15.2. The van der Waals surface area contributed by atoms with Crippen molar-refractivity contribution >= 4 is 11.5 Å². The molecule has 6 heteroatoms. The molecule has 0 radical (unpaired) electrons. The molecule has 1 fully saturated rings. The minimum absolute atomic E-state index is 0.106. The van der Waals surface area contributed by atoms with E-state index in [4.69, 9.17) is 0 Å². The lowest BCUT2D eigenvalue weighted by Gasteiger charge is -2.26. The van der Waals surface area contributed by atoms with E-state index >= 15 is 0 Å². The Morgan fingerprint density at radius 3 is 2.95 bits per heavy atom. The van der Waals surface area contributed by atoms with E-state index in [-0.39, 0.29) is 10.6 Å². The first kappa shape index (κ1) is 15.7. The van der Waals surface area contributed by atoms with E-state index in [1.54, 1.807) is 12.1 Å². The van der Waals surface area contributed by atoms with Crippen LogP contribution in [0.4, 0.5) is 11.5 Å². The highest BCUT2D eigenvalue weighted by atomic mass is 16.6. The summed E-state index contributed by atoms with van der Waals surface area (Å²) in [6.07, 6.45) is 4.38. The highest BCUT2D eigenvalue weighted by Crippen LogP contribution is 2.27. The molecule has 0 amide bonds. The molecule has 1 unspecified atom stereocenters. The fourth-order valence-corrected chi connectivity index (χ4v) is 2.72. The monoisotopic (exact) mass is 292 g/mol. The van der Waals surface area contributed by atoms with Crippen LogP contribution in [0.25, 0.3) is 0 Å². The molecule has 1 aromatic rings. The number of rotatable bonds is 7. The van der Waals surface area contributed by atoms with Gasteiger partial charge in [-0.1, -0.05) is 13.3 Å². The molecule has 1 aliphatic rings. The number of aromatic nitrogens is 1. The van der Waals surface area contributed by atoms with Gasteiger partial charge in [0.2, 0.25) is 5.82 Å². The van der Waals surface area contributed by atoms with Gasteiger partial charge in [0, 0.05) is 30.9 Å². The van der Waals surface area contributed by atoms with E-state index in [0.717, 1.165) is 44.6 Å². The van der Waals surface area contributed by atoms with Gasteiger partial charge in [-0.2, -0.15) is 0 Å². The van der Waals surface area contributed by atoms with E-state index in [1.165, 1.54) is 6.42 Å². The third-order valence-electron chi connectivity index (χ3n) is 3.87. The topological polar surface area (TPSA) is 71.3 Å². The number of unbranched alkanes of at least 4 members (excludes halogenated alkanes) is 1. The SMILES string of the molecule is CCCCN(CC1CCCN1)c1nc(C)ccc1[N+](=O)[O-]. The second-order valence-corrected chi connectivity index (χ2v) is 5.65. The van der Waals surface area contributed by atoms with Crippen molar-refractivity contribution in [3.8, 4) is 0 Å². The molecule has 0 spiro atoms. The summed E-state index contributed by atoms with van der Waals surface area (Å²) < 4.78 is 0. The summed E-state index contributed by atoms with van der Waals surface area (Å²) in [5, 5.41) is 14.7. The Labute approximate surface area is 125 Å². The molecule has 1 atom stereocenters. The third-order valence-corrected chi connectivity index (χ3v) is 3.87. The van der Waals surface area contributed by atoms with E-state index in [9.17, 15) is 10.1 Å². The number of hydrogen-bond donors (Lipinski definition) is 1.